The van der Waals surface area contributed by atoms with Gasteiger partial charge in [0.25, 0.3) is 0 Å². The van der Waals surface area contributed by atoms with Gasteiger partial charge in [-0.25, -0.2) is 4.79 Å². The Morgan fingerprint density at radius 3 is 1.25 bits per heavy atom. The summed E-state index contributed by atoms with van der Waals surface area (Å²) in [7, 11) is 0. The van der Waals surface area contributed by atoms with Crippen molar-refractivity contribution in [1.29, 1.82) is 0 Å². The van der Waals surface area contributed by atoms with E-state index in [-0.39, 0.29) is 11.6 Å². The van der Waals surface area contributed by atoms with Gasteiger partial charge in [0, 0.05) is 5.48 Å². The van der Waals surface area contributed by atoms with E-state index in [0.717, 1.165) is 0 Å². The van der Waals surface area contributed by atoms with Crippen LogP contribution < -0.4 is 0 Å². The predicted octanol–water partition coefficient (Wildman–Crippen LogP) is -0.480. The summed E-state index contributed by atoms with van der Waals surface area (Å²) in [5.41, 5.74) is 0. The highest BCUT2D eigenvalue weighted by Crippen LogP contribution is 1.42. The first-order chi connectivity index (χ1) is 3.15. The zero-order valence-corrected chi connectivity index (χ0v) is 3.53. The fourth-order valence-electron chi connectivity index (χ4n) is 0. The fraction of sp³-hybridized carbons (Fsp3) is 0. The van der Waals surface area contributed by atoms with Crippen molar-refractivity contribution in [2.45, 2.75) is 0 Å². The molecular weight excluding hydrogens is 120 g/mol. The Kier molecular flexibility index (Phi) is 34.9. The van der Waals surface area contributed by atoms with Crippen LogP contribution in [0.5, 0.6) is 0 Å². The molecule has 0 fully saturated rings. The molecule has 0 heterocycles. The van der Waals surface area contributed by atoms with E-state index in [4.69, 9.17) is 24.6 Å². The molecule has 0 aliphatic heterocycles. The number of carbonyl (C=O) groups is 1. The second-order valence-corrected chi connectivity index (χ2v) is 0.366. The van der Waals surface area contributed by atoms with Crippen molar-refractivity contribution in [1.82, 2.24) is 0 Å². The molecule has 0 bridgehead atoms. The summed E-state index contributed by atoms with van der Waals surface area (Å²) in [6.07, 6.45) is -1.58. The zero-order chi connectivity index (χ0) is 6.28. The minimum absolute atomic E-state index is 0. The van der Waals surface area contributed by atoms with Crippen molar-refractivity contribution >= 4 is 12.3 Å². The number of carbonyl (C=O) groups excluding carboxylic acids is 2. The predicted molar refractivity (Wildman–Crippen MR) is 16.3 cm³/mol. The van der Waals surface area contributed by atoms with Gasteiger partial charge in [0.1, 0.15) is 0 Å². The van der Waals surface area contributed by atoms with Crippen molar-refractivity contribution in [2.75, 3.05) is 0 Å². The van der Waals surface area contributed by atoms with Gasteiger partial charge < -0.3 is 10.2 Å². The van der Waals surface area contributed by atoms with Crippen LogP contribution in [0, 0.1) is 0 Å². The first-order valence-electron chi connectivity index (χ1n) is 1.06. The molecule has 0 spiro atoms. The largest absolute Gasteiger partial charge is 0.503 e. The average Bonchev–Trinajstić information content (AvgIpc) is 1.33. The van der Waals surface area contributed by atoms with Gasteiger partial charge in [-0.2, -0.15) is 9.59 Å². The zero-order valence-electron chi connectivity index (χ0n) is 3.53. The lowest BCUT2D eigenvalue weighted by molar-refractivity contribution is -0.191. The van der Waals surface area contributed by atoms with Crippen molar-refractivity contribution in [2.24, 2.45) is 0 Å². The van der Waals surface area contributed by atoms with Gasteiger partial charge in [-0.3, -0.25) is 0 Å². The molecule has 46 valence electrons. The van der Waals surface area contributed by atoms with Crippen LogP contribution in [0.2, 0.25) is 0 Å². The second-order valence-electron chi connectivity index (χ2n) is 0.366. The number of carboxylic acid groups (broad SMARTS) is 2. The maximum atomic E-state index is 8.56. The summed E-state index contributed by atoms with van der Waals surface area (Å²) >= 11 is 0. The van der Waals surface area contributed by atoms with Crippen LogP contribution in [-0.2, 0) is 15.1 Å². The van der Waals surface area contributed by atoms with Crippen LogP contribution >= 0.6 is 0 Å². The van der Waals surface area contributed by atoms with Crippen LogP contribution in [0.25, 0.3) is 0 Å². The highest BCUT2D eigenvalue weighted by Gasteiger charge is 1.70. The second kappa shape index (κ2) is 17.5. The Labute approximate surface area is 43.7 Å². The van der Waals surface area contributed by atoms with E-state index in [1.165, 1.54) is 0 Å². The minimum Gasteiger partial charge on any atom is -0.450 e. The minimum atomic E-state index is -1.83. The third-order valence-electron chi connectivity index (χ3n) is 0. The van der Waals surface area contributed by atoms with Gasteiger partial charge in [0.05, 0.1) is 0 Å². The Morgan fingerprint density at radius 2 is 1.25 bits per heavy atom. The monoisotopic (exact) mass is 122 g/mol. The van der Waals surface area contributed by atoms with Crippen LogP contribution in [0.4, 0.5) is 4.79 Å². The SMILES string of the molecule is O=C(O)O.O=C=O.[O]. The fourth-order valence-corrected chi connectivity index (χ4v) is 0. The molecule has 2 N–H and O–H groups in total. The maximum Gasteiger partial charge on any atom is 0.503 e. The van der Waals surface area contributed by atoms with Gasteiger partial charge in [0.2, 0.25) is 0 Å². The molecule has 6 nitrogen and oxygen atoms in total. The maximum absolute atomic E-state index is 8.56. The summed E-state index contributed by atoms with van der Waals surface area (Å²) in [6, 6.07) is 0. The normalized spacial score (nSPS) is 4.00. The molecule has 8 heavy (non-hydrogen) atoms. The molecule has 0 rings (SSSR count). The highest BCUT2D eigenvalue weighted by atomic mass is 16.6. The molecule has 0 aromatic carbocycles. The smallest absolute Gasteiger partial charge is 0.450 e. The highest BCUT2D eigenvalue weighted by molar-refractivity contribution is 5.53. The Morgan fingerprint density at radius 1 is 1.25 bits per heavy atom. The van der Waals surface area contributed by atoms with Gasteiger partial charge in [-0.15, -0.1) is 0 Å². The van der Waals surface area contributed by atoms with E-state index in [1.54, 1.807) is 0 Å². The molecule has 0 saturated heterocycles. The van der Waals surface area contributed by atoms with E-state index in [9.17, 15) is 0 Å². The third kappa shape index (κ3) is 31.1. The van der Waals surface area contributed by atoms with E-state index < -0.39 is 6.16 Å². The number of rotatable bonds is 0. The molecule has 0 aliphatic rings. The van der Waals surface area contributed by atoms with Crippen molar-refractivity contribution in [3.8, 4) is 0 Å². The molecule has 0 aliphatic carbocycles. The average molecular weight is 122 g/mol. The van der Waals surface area contributed by atoms with Crippen LogP contribution in [0.3, 0.4) is 0 Å². The molecule has 0 saturated carbocycles. The van der Waals surface area contributed by atoms with Crippen LogP contribution in [-0.4, -0.2) is 22.5 Å². The Bertz CT molecular complexity index is 74.5. The van der Waals surface area contributed by atoms with Crippen LogP contribution in [0.1, 0.15) is 0 Å². The van der Waals surface area contributed by atoms with Crippen molar-refractivity contribution in [3.05, 3.63) is 0 Å². The summed E-state index contributed by atoms with van der Waals surface area (Å²) in [5, 5.41) is 13.9. The van der Waals surface area contributed by atoms with Gasteiger partial charge in [-0.1, -0.05) is 0 Å². The van der Waals surface area contributed by atoms with E-state index in [0.29, 0.717) is 0 Å². The van der Waals surface area contributed by atoms with E-state index in [2.05, 4.69) is 0 Å². The van der Waals surface area contributed by atoms with Crippen LogP contribution in [0.15, 0.2) is 0 Å². The first-order valence-corrected chi connectivity index (χ1v) is 1.06. The molecule has 0 unspecified atom stereocenters. The topological polar surface area (TPSA) is 120 Å². The van der Waals surface area contributed by atoms with Gasteiger partial charge in [0.15, 0.2) is 0 Å². The summed E-state index contributed by atoms with van der Waals surface area (Å²) in [6.45, 7) is 0. The van der Waals surface area contributed by atoms with E-state index >= 15 is 0 Å². The lowest BCUT2D eigenvalue weighted by Crippen LogP contribution is -1.81. The van der Waals surface area contributed by atoms with Crippen molar-refractivity contribution < 1.29 is 30.1 Å². The number of hydrogen-bond acceptors (Lipinski definition) is 3. The van der Waals surface area contributed by atoms with Gasteiger partial charge >= 0.3 is 12.3 Å². The molecular formula is C2H2O6. The molecule has 0 amide bonds. The number of hydrogen-bond donors (Lipinski definition) is 2. The first kappa shape index (κ1) is 16.0. The standard InChI is InChI=1S/CH2O3.CO2.O/c2-1(3)4;2-1-3;/h(H2,2,3,4);;. The summed E-state index contributed by atoms with van der Waals surface area (Å²) < 4.78 is 0. The Balaban J connectivity index is -0.0000000575. The van der Waals surface area contributed by atoms with Crippen molar-refractivity contribution in [3.63, 3.8) is 0 Å². The van der Waals surface area contributed by atoms with E-state index in [1.807, 2.05) is 0 Å². The third-order valence-corrected chi connectivity index (χ3v) is 0. The quantitative estimate of drug-likeness (QED) is 0.449. The molecule has 2 radical (unpaired) electrons. The summed E-state index contributed by atoms with van der Waals surface area (Å²) in [5.74, 6) is 0. The molecule has 0 aromatic heterocycles. The summed E-state index contributed by atoms with van der Waals surface area (Å²) in [4.78, 5) is 24.8. The lowest BCUT2D eigenvalue weighted by Gasteiger charge is -1.60. The molecule has 0 atom stereocenters. The van der Waals surface area contributed by atoms with Gasteiger partial charge in [-0.05, 0) is 0 Å². The molecule has 0 aromatic rings. The molecule has 6 heteroatoms. The lowest BCUT2D eigenvalue weighted by atomic mass is 11.5. The Hall–Kier alpha value is -1.39.